The quantitative estimate of drug-likeness (QED) is 0.659. The van der Waals surface area contributed by atoms with Crippen LogP contribution in [-0.4, -0.2) is 27.6 Å². The summed E-state index contributed by atoms with van der Waals surface area (Å²) in [5, 5.41) is 3.25. The van der Waals surface area contributed by atoms with E-state index in [4.69, 9.17) is 11.6 Å². The van der Waals surface area contributed by atoms with Crippen LogP contribution in [-0.2, 0) is 13.1 Å². The minimum atomic E-state index is -0.440. The lowest BCUT2D eigenvalue weighted by atomic mass is 10.1. The standard InChI is InChI=1S/C22H16ClN3O3/c23-19-7-2-1-5-15(19)13-26-21(28)17-9-8-14(11-18(17)22(26)29)20(27)25-12-16-6-3-4-10-24-16/h1-11H,12-13H2,(H,25,27). The summed E-state index contributed by atoms with van der Waals surface area (Å²) < 4.78 is 0. The van der Waals surface area contributed by atoms with Crippen LogP contribution in [0, 0.1) is 0 Å². The zero-order chi connectivity index (χ0) is 20.4. The fraction of sp³-hybridized carbons (Fsp3) is 0.0909. The van der Waals surface area contributed by atoms with Gasteiger partial charge in [0.25, 0.3) is 17.7 Å². The smallest absolute Gasteiger partial charge is 0.261 e. The van der Waals surface area contributed by atoms with Crippen LogP contribution in [0.2, 0.25) is 5.02 Å². The zero-order valence-electron chi connectivity index (χ0n) is 15.3. The van der Waals surface area contributed by atoms with E-state index in [9.17, 15) is 14.4 Å². The van der Waals surface area contributed by atoms with Crippen molar-refractivity contribution in [1.82, 2.24) is 15.2 Å². The lowest BCUT2D eigenvalue weighted by molar-refractivity contribution is 0.0642. The average Bonchev–Trinajstić information content (AvgIpc) is 2.98. The van der Waals surface area contributed by atoms with Crippen molar-refractivity contribution in [1.29, 1.82) is 0 Å². The van der Waals surface area contributed by atoms with E-state index in [1.807, 2.05) is 6.07 Å². The Kier molecular flexibility index (Phi) is 5.10. The summed E-state index contributed by atoms with van der Waals surface area (Å²) >= 11 is 6.15. The lowest BCUT2D eigenvalue weighted by Gasteiger charge is -2.14. The lowest BCUT2D eigenvalue weighted by Crippen LogP contribution is -2.29. The molecule has 0 saturated carbocycles. The first kappa shape index (κ1) is 18.8. The number of fused-ring (bicyclic) bond motifs is 1. The van der Waals surface area contributed by atoms with Crippen LogP contribution in [0.4, 0.5) is 0 Å². The SMILES string of the molecule is O=C(NCc1ccccn1)c1ccc2c(c1)C(=O)N(Cc1ccccc1Cl)C2=O. The van der Waals surface area contributed by atoms with Gasteiger partial charge in [-0.3, -0.25) is 24.3 Å². The first-order chi connectivity index (χ1) is 14.0. The summed E-state index contributed by atoms with van der Waals surface area (Å²) in [6.07, 6.45) is 1.65. The minimum Gasteiger partial charge on any atom is -0.346 e. The van der Waals surface area contributed by atoms with Crippen LogP contribution >= 0.6 is 11.6 Å². The fourth-order valence-corrected chi connectivity index (χ4v) is 3.34. The summed E-state index contributed by atoms with van der Waals surface area (Å²) in [4.78, 5) is 43.2. The number of nitrogens with zero attached hydrogens (tertiary/aromatic N) is 2. The molecule has 0 atom stereocenters. The highest BCUT2D eigenvalue weighted by molar-refractivity contribution is 6.31. The van der Waals surface area contributed by atoms with Crippen molar-refractivity contribution in [3.8, 4) is 0 Å². The molecule has 3 amide bonds. The Morgan fingerprint density at radius 1 is 0.966 bits per heavy atom. The van der Waals surface area contributed by atoms with E-state index in [1.54, 1.807) is 42.6 Å². The van der Waals surface area contributed by atoms with Gasteiger partial charge >= 0.3 is 0 Å². The fourth-order valence-electron chi connectivity index (χ4n) is 3.15. The molecule has 29 heavy (non-hydrogen) atoms. The van der Waals surface area contributed by atoms with Crippen molar-refractivity contribution in [3.63, 3.8) is 0 Å². The molecule has 7 heteroatoms. The summed E-state index contributed by atoms with van der Waals surface area (Å²) in [5.41, 5.74) is 2.20. The number of halogens is 1. The average molecular weight is 406 g/mol. The Balaban J connectivity index is 1.52. The molecule has 0 aliphatic carbocycles. The number of imide groups is 1. The molecular weight excluding hydrogens is 390 g/mol. The van der Waals surface area contributed by atoms with Crippen LogP contribution in [0.15, 0.2) is 66.9 Å². The topological polar surface area (TPSA) is 79.4 Å². The zero-order valence-corrected chi connectivity index (χ0v) is 16.0. The maximum atomic E-state index is 12.8. The van der Waals surface area contributed by atoms with Crippen LogP contribution in [0.5, 0.6) is 0 Å². The number of amides is 3. The largest absolute Gasteiger partial charge is 0.346 e. The van der Waals surface area contributed by atoms with Crippen molar-refractivity contribution in [2.24, 2.45) is 0 Å². The minimum absolute atomic E-state index is 0.0766. The van der Waals surface area contributed by atoms with Gasteiger partial charge in [-0.2, -0.15) is 0 Å². The number of carbonyl (C=O) groups excluding carboxylic acids is 3. The van der Waals surface area contributed by atoms with Gasteiger partial charge in [0.2, 0.25) is 0 Å². The molecular formula is C22H16ClN3O3. The molecule has 0 spiro atoms. The number of aromatic nitrogens is 1. The highest BCUT2D eigenvalue weighted by atomic mass is 35.5. The Morgan fingerprint density at radius 3 is 2.48 bits per heavy atom. The van der Waals surface area contributed by atoms with Gasteiger partial charge in [-0.1, -0.05) is 35.9 Å². The number of pyridine rings is 1. The molecule has 0 unspecified atom stereocenters. The molecule has 144 valence electrons. The molecule has 4 rings (SSSR count). The van der Waals surface area contributed by atoms with Gasteiger partial charge in [0.15, 0.2) is 0 Å². The maximum absolute atomic E-state index is 12.8. The number of nitrogens with one attached hydrogen (secondary N) is 1. The van der Waals surface area contributed by atoms with E-state index in [2.05, 4.69) is 10.3 Å². The van der Waals surface area contributed by atoms with Gasteiger partial charge in [-0.15, -0.1) is 0 Å². The third-order valence-corrected chi connectivity index (χ3v) is 5.04. The van der Waals surface area contributed by atoms with Crippen LogP contribution in [0.1, 0.15) is 42.3 Å². The molecule has 0 saturated heterocycles. The van der Waals surface area contributed by atoms with E-state index < -0.39 is 11.8 Å². The number of benzene rings is 2. The van der Waals surface area contributed by atoms with Crippen molar-refractivity contribution in [3.05, 3.63) is 99.8 Å². The normalized spacial score (nSPS) is 12.8. The number of hydrogen-bond acceptors (Lipinski definition) is 4. The van der Waals surface area contributed by atoms with Crippen molar-refractivity contribution in [2.75, 3.05) is 0 Å². The molecule has 6 nitrogen and oxygen atoms in total. The number of hydrogen-bond donors (Lipinski definition) is 1. The van der Waals surface area contributed by atoms with Crippen LogP contribution < -0.4 is 5.32 Å². The molecule has 1 N–H and O–H groups in total. The monoisotopic (exact) mass is 405 g/mol. The summed E-state index contributed by atoms with van der Waals surface area (Å²) in [7, 11) is 0. The molecule has 0 radical (unpaired) electrons. The van der Waals surface area contributed by atoms with Crippen LogP contribution in [0.25, 0.3) is 0 Å². The second-order valence-electron chi connectivity index (χ2n) is 6.55. The van der Waals surface area contributed by atoms with Gasteiger partial charge in [0.05, 0.1) is 29.9 Å². The Morgan fingerprint density at radius 2 is 1.72 bits per heavy atom. The third kappa shape index (κ3) is 3.75. The molecule has 3 aromatic rings. The predicted octanol–water partition coefficient (Wildman–Crippen LogP) is 3.46. The second kappa shape index (κ2) is 7.85. The first-order valence-corrected chi connectivity index (χ1v) is 9.34. The van der Waals surface area contributed by atoms with Gasteiger partial charge in [0, 0.05) is 16.8 Å². The molecule has 0 bridgehead atoms. The molecule has 1 aliphatic rings. The van der Waals surface area contributed by atoms with Crippen LogP contribution in [0.3, 0.4) is 0 Å². The summed E-state index contributed by atoms with van der Waals surface area (Å²) in [6.45, 7) is 0.343. The van der Waals surface area contributed by atoms with Gasteiger partial charge in [-0.25, -0.2) is 0 Å². The number of rotatable bonds is 5. The van der Waals surface area contributed by atoms with Gasteiger partial charge < -0.3 is 5.32 Å². The Hall–Kier alpha value is -3.51. The van der Waals surface area contributed by atoms with Crippen molar-refractivity contribution in [2.45, 2.75) is 13.1 Å². The highest BCUT2D eigenvalue weighted by Gasteiger charge is 2.36. The van der Waals surface area contributed by atoms with E-state index >= 15 is 0 Å². The molecule has 1 aliphatic heterocycles. The van der Waals surface area contributed by atoms with Gasteiger partial charge in [-0.05, 0) is 42.0 Å². The van der Waals surface area contributed by atoms with Gasteiger partial charge in [0.1, 0.15) is 0 Å². The van der Waals surface area contributed by atoms with E-state index in [1.165, 1.54) is 18.2 Å². The van der Waals surface area contributed by atoms with Crippen molar-refractivity contribution < 1.29 is 14.4 Å². The highest BCUT2D eigenvalue weighted by Crippen LogP contribution is 2.27. The Bertz CT molecular complexity index is 1120. The third-order valence-electron chi connectivity index (χ3n) is 4.68. The van der Waals surface area contributed by atoms with E-state index in [0.717, 1.165) is 10.6 Å². The molecule has 0 fully saturated rings. The molecule has 2 heterocycles. The summed E-state index contributed by atoms with van der Waals surface area (Å²) in [6, 6.07) is 17.0. The molecule has 1 aromatic heterocycles. The maximum Gasteiger partial charge on any atom is 0.261 e. The summed E-state index contributed by atoms with van der Waals surface area (Å²) in [5.74, 6) is -1.18. The predicted molar refractivity (Wildman–Crippen MR) is 108 cm³/mol. The first-order valence-electron chi connectivity index (χ1n) is 8.96. The molecule has 2 aromatic carbocycles. The van der Waals surface area contributed by atoms with E-state index in [-0.39, 0.29) is 30.1 Å². The number of carbonyl (C=O) groups is 3. The van der Waals surface area contributed by atoms with E-state index in [0.29, 0.717) is 16.1 Å². The van der Waals surface area contributed by atoms with Crippen molar-refractivity contribution >= 4 is 29.3 Å². The second-order valence-corrected chi connectivity index (χ2v) is 6.96. The Labute approximate surface area is 172 Å².